The summed E-state index contributed by atoms with van der Waals surface area (Å²) in [6.45, 7) is 0.628. The van der Waals surface area contributed by atoms with Gasteiger partial charge in [-0.3, -0.25) is 0 Å². The highest BCUT2D eigenvalue weighted by Gasteiger charge is 2.34. The molecule has 0 radical (unpaired) electrons. The molecule has 2 heterocycles. The average molecular weight is 444 g/mol. The number of aromatic nitrogens is 1. The highest BCUT2D eigenvalue weighted by atomic mass is 16.5. The molecule has 1 N–H and O–H groups in total. The molecule has 2 amide bonds. The molecule has 1 fully saturated rings. The lowest BCUT2D eigenvalue weighted by Crippen LogP contribution is -2.34. The van der Waals surface area contributed by atoms with Gasteiger partial charge in [-0.2, -0.15) is 0 Å². The summed E-state index contributed by atoms with van der Waals surface area (Å²) in [5.74, 6) is 1.75. The molecule has 1 aliphatic heterocycles. The first-order valence-corrected chi connectivity index (χ1v) is 10.9. The molecule has 1 atom stereocenters. The summed E-state index contributed by atoms with van der Waals surface area (Å²) < 4.78 is 16.7. The third-order valence-corrected chi connectivity index (χ3v) is 5.96. The molecule has 4 aromatic rings. The number of hydrogen-bond donors (Lipinski definition) is 1. The predicted molar refractivity (Wildman–Crippen MR) is 127 cm³/mol. The topological polar surface area (TPSA) is 76.8 Å². The molecule has 7 heteroatoms. The van der Waals surface area contributed by atoms with Crippen molar-refractivity contribution in [1.82, 2.24) is 9.88 Å². The molecular weight excluding hydrogens is 418 g/mol. The molecule has 0 spiro atoms. The fraction of sp³-hybridized carbons (Fsp3) is 0.231. The van der Waals surface area contributed by atoms with Crippen molar-refractivity contribution in [3.63, 3.8) is 0 Å². The minimum Gasteiger partial charge on any atom is -0.497 e. The minimum atomic E-state index is -0.221. The van der Waals surface area contributed by atoms with E-state index in [9.17, 15) is 4.79 Å². The van der Waals surface area contributed by atoms with E-state index in [1.165, 1.54) is 0 Å². The largest absolute Gasteiger partial charge is 0.497 e. The maximum absolute atomic E-state index is 13.1. The number of likely N-dealkylation sites (tertiary alicyclic amines) is 1. The number of carbonyl (C=O) groups is 1. The number of ether oxygens (including phenoxy) is 2. The second kappa shape index (κ2) is 8.86. The number of urea groups is 1. The summed E-state index contributed by atoms with van der Waals surface area (Å²) in [4.78, 5) is 19.7. The molecule has 1 aromatic heterocycles. The third-order valence-electron chi connectivity index (χ3n) is 5.96. The molecule has 0 unspecified atom stereocenters. The Bertz CT molecular complexity index is 1290. The van der Waals surface area contributed by atoms with E-state index >= 15 is 0 Å². The van der Waals surface area contributed by atoms with Gasteiger partial charge in [0, 0.05) is 12.6 Å². The number of benzene rings is 3. The average Bonchev–Trinajstić information content (AvgIpc) is 3.51. The van der Waals surface area contributed by atoms with Crippen LogP contribution in [0.1, 0.15) is 24.8 Å². The van der Waals surface area contributed by atoms with Crippen LogP contribution in [0.4, 0.5) is 10.5 Å². The van der Waals surface area contributed by atoms with Gasteiger partial charge in [0.2, 0.25) is 5.89 Å². The van der Waals surface area contributed by atoms with Crippen LogP contribution in [0, 0.1) is 0 Å². The molecule has 33 heavy (non-hydrogen) atoms. The molecule has 0 bridgehead atoms. The molecule has 3 aromatic carbocycles. The van der Waals surface area contributed by atoms with Crippen LogP contribution in [0.15, 0.2) is 71.1 Å². The van der Waals surface area contributed by atoms with Crippen molar-refractivity contribution in [2.24, 2.45) is 0 Å². The second-order valence-corrected chi connectivity index (χ2v) is 7.95. The lowest BCUT2D eigenvalue weighted by molar-refractivity contribution is 0.198. The first-order chi connectivity index (χ1) is 16.2. The van der Waals surface area contributed by atoms with Gasteiger partial charge in [0.1, 0.15) is 23.1 Å². The Morgan fingerprint density at radius 3 is 2.67 bits per heavy atom. The van der Waals surface area contributed by atoms with Crippen molar-refractivity contribution < 1.29 is 18.7 Å². The van der Waals surface area contributed by atoms with Crippen molar-refractivity contribution in [2.75, 3.05) is 26.1 Å². The smallest absolute Gasteiger partial charge is 0.322 e. The lowest BCUT2D eigenvalue weighted by Gasteiger charge is -2.23. The van der Waals surface area contributed by atoms with Gasteiger partial charge in [-0.05, 0) is 48.2 Å². The Kier molecular flexibility index (Phi) is 5.60. The van der Waals surface area contributed by atoms with E-state index in [1.807, 2.05) is 36.4 Å². The van der Waals surface area contributed by atoms with Gasteiger partial charge >= 0.3 is 6.03 Å². The van der Waals surface area contributed by atoms with E-state index in [-0.39, 0.29) is 12.1 Å². The number of fused-ring (bicyclic) bond motifs is 1. The van der Waals surface area contributed by atoms with Crippen molar-refractivity contribution in [1.29, 1.82) is 0 Å². The van der Waals surface area contributed by atoms with Crippen molar-refractivity contribution in [3.05, 3.63) is 72.6 Å². The van der Waals surface area contributed by atoms with Crippen LogP contribution in [0.5, 0.6) is 11.5 Å². The summed E-state index contributed by atoms with van der Waals surface area (Å²) in [5.41, 5.74) is 4.29. The van der Waals surface area contributed by atoms with E-state index in [1.54, 1.807) is 37.3 Å². The number of hydrogen-bond acceptors (Lipinski definition) is 5. The van der Waals surface area contributed by atoms with E-state index in [4.69, 9.17) is 18.9 Å². The van der Waals surface area contributed by atoms with Crippen molar-refractivity contribution in [2.45, 2.75) is 18.9 Å². The number of methoxy groups -OCH3 is 2. The number of oxazole rings is 1. The number of anilines is 1. The molecule has 0 aliphatic carbocycles. The zero-order valence-electron chi connectivity index (χ0n) is 18.6. The van der Waals surface area contributed by atoms with Crippen LogP contribution in [0.2, 0.25) is 0 Å². The van der Waals surface area contributed by atoms with E-state index in [0.717, 1.165) is 29.5 Å². The second-order valence-electron chi connectivity index (χ2n) is 7.95. The Hall–Kier alpha value is -4.00. The zero-order chi connectivity index (χ0) is 22.8. The normalized spacial score (nSPS) is 15.6. The van der Waals surface area contributed by atoms with Crippen LogP contribution < -0.4 is 14.8 Å². The molecule has 5 rings (SSSR count). The van der Waals surface area contributed by atoms with Gasteiger partial charge in [-0.1, -0.05) is 36.4 Å². The SMILES string of the molecule is COc1ccc(NC(=O)N2CCC[C@H]2c2nc3cc(-c4ccccc4)ccc3o2)c(OC)c1. The van der Waals surface area contributed by atoms with E-state index in [0.29, 0.717) is 35.2 Å². The van der Waals surface area contributed by atoms with Crippen LogP contribution in [-0.4, -0.2) is 36.7 Å². The molecular formula is C26H25N3O4. The minimum absolute atomic E-state index is 0.215. The van der Waals surface area contributed by atoms with Gasteiger partial charge in [0.15, 0.2) is 5.58 Å². The Balaban J connectivity index is 1.38. The van der Waals surface area contributed by atoms with Gasteiger partial charge in [-0.25, -0.2) is 9.78 Å². The van der Waals surface area contributed by atoms with Crippen LogP contribution in [0.3, 0.4) is 0 Å². The number of nitrogens with zero attached hydrogens (tertiary/aromatic N) is 2. The first-order valence-electron chi connectivity index (χ1n) is 10.9. The summed E-state index contributed by atoms with van der Waals surface area (Å²) >= 11 is 0. The fourth-order valence-electron chi connectivity index (χ4n) is 4.25. The van der Waals surface area contributed by atoms with Crippen molar-refractivity contribution in [3.8, 4) is 22.6 Å². The maximum Gasteiger partial charge on any atom is 0.322 e. The number of nitrogens with one attached hydrogen (secondary N) is 1. The van der Waals surface area contributed by atoms with Gasteiger partial charge in [0.05, 0.1) is 19.9 Å². The van der Waals surface area contributed by atoms with Crippen LogP contribution >= 0.6 is 0 Å². The lowest BCUT2D eigenvalue weighted by atomic mass is 10.1. The number of carbonyl (C=O) groups excluding carboxylic acids is 1. The van der Waals surface area contributed by atoms with Crippen molar-refractivity contribution >= 4 is 22.8 Å². The zero-order valence-corrected chi connectivity index (χ0v) is 18.6. The summed E-state index contributed by atoms with van der Waals surface area (Å²) in [7, 11) is 3.15. The predicted octanol–water partition coefficient (Wildman–Crippen LogP) is 5.88. The third kappa shape index (κ3) is 4.09. The molecule has 0 saturated carbocycles. The fourth-order valence-corrected chi connectivity index (χ4v) is 4.25. The summed E-state index contributed by atoms with van der Waals surface area (Å²) in [6, 6.07) is 21.0. The number of amides is 2. The maximum atomic E-state index is 13.1. The van der Waals surface area contributed by atoms with Gasteiger partial charge in [-0.15, -0.1) is 0 Å². The van der Waals surface area contributed by atoms with E-state index < -0.39 is 0 Å². The van der Waals surface area contributed by atoms with Gasteiger partial charge < -0.3 is 24.1 Å². The van der Waals surface area contributed by atoms with E-state index in [2.05, 4.69) is 17.4 Å². The van der Waals surface area contributed by atoms with Crippen LogP contribution in [-0.2, 0) is 0 Å². The highest BCUT2D eigenvalue weighted by Crippen LogP contribution is 2.36. The van der Waals surface area contributed by atoms with Gasteiger partial charge in [0.25, 0.3) is 0 Å². The Morgan fingerprint density at radius 2 is 1.88 bits per heavy atom. The number of rotatable bonds is 5. The quantitative estimate of drug-likeness (QED) is 0.417. The molecule has 7 nitrogen and oxygen atoms in total. The Labute approximate surface area is 191 Å². The Morgan fingerprint density at radius 1 is 1.03 bits per heavy atom. The molecule has 1 aliphatic rings. The molecule has 168 valence electrons. The standard InChI is InChI=1S/C26H25N3O4/c1-31-19-11-12-20(24(16-19)32-2)28-26(30)29-14-6-9-22(29)25-27-21-15-18(10-13-23(21)33-25)17-7-4-3-5-8-17/h3-5,7-8,10-13,15-16,22H,6,9,14H2,1-2H3,(H,28,30)/t22-/m0/s1. The summed E-state index contributed by atoms with van der Waals surface area (Å²) in [6.07, 6.45) is 1.68. The molecule has 1 saturated heterocycles. The highest BCUT2D eigenvalue weighted by molar-refractivity contribution is 5.91. The summed E-state index contributed by atoms with van der Waals surface area (Å²) in [5, 5.41) is 2.96. The monoisotopic (exact) mass is 443 g/mol. The van der Waals surface area contributed by atoms with Crippen LogP contribution in [0.25, 0.3) is 22.2 Å². The first kappa shape index (κ1) is 20.9.